The minimum absolute atomic E-state index is 0. The first-order valence-electron chi connectivity index (χ1n) is 0. The van der Waals surface area contributed by atoms with Crippen molar-refractivity contribution in [2.24, 2.45) is 0 Å². The molecule has 0 rings (SSSR count). The van der Waals surface area contributed by atoms with E-state index in [4.69, 9.17) is 0 Å². The largest absolute Gasteiger partial charge is 1.00 e. The van der Waals surface area contributed by atoms with Gasteiger partial charge in [0, 0.05) is 0 Å². The fraction of sp³-hybridized carbons (Fsp3) is 0. The molecule has 0 N–H and O–H groups in total. The number of hydrogen-bond donors (Lipinski definition) is 0. The first-order chi connectivity index (χ1) is 0. The van der Waals surface area contributed by atoms with Crippen molar-refractivity contribution < 1.29 is 139 Å². The Morgan fingerprint density at radius 2 is 0.333 bits per heavy atom. The summed E-state index contributed by atoms with van der Waals surface area (Å²) in [5.74, 6) is 0. The third-order valence-corrected chi connectivity index (χ3v) is 0. The summed E-state index contributed by atoms with van der Waals surface area (Å²) < 4.78 is 0. The average molecular weight is 972 g/mol. The van der Waals surface area contributed by atoms with Gasteiger partial charge in [0.15, 0.2) is 0 Å². The van der Waals surface area contributed by atoms with Gasteiger partial charge in [0.1, 0.15) is 0 Å². The molecule has 6 heavy (non-hydrogen) atoms. The molecule has 0 unspecified atom stereocenters. The van der Waals surface area contributed by atoms with Crippen LogP contribution >= 0.6 is 0 Å². The predicted octanol–water partition coefficient (Wildman–Crippen LogP) is -9.00. The second-order valence-electron chi connectivity index (χ2n) is 0. The number of hydrogen-bond acceptors (Lipinski definition) is 0. The van der Waals surface area contributed by atoms with Gasteiger partial charge in [-0.2, -0.15) is 0 Å². The second-order valence-corrected chi connectivity index (χ2v) is 0. The Kier molecular flexibility index (Phi) is 270. The average Bonchev–Trinajstić information content (AvgIpc) is 0. The van der Waals surface area contributed by atoms with Gasteiger partial charge in [-0.3, -0.25) is 0 Å². The standard InChI is InChI=1S/3Au.3HI/h;;;3*1H/q3*+1;;;/p-3. The molecule has 0 aromatic rings. The molecule has 6 heteroatoms. The van der Waals surface area contributed by atoms with Crippen LogP contribution in [0.15, 0.2) is 0 Å². The summed E-state index contributed by atoms with van der Waals surface area (Å²) in [6, 6.07) is 0. The zero-order valence-electron chi connectivity index (χ0n) is 2.04. The van der Waals surface area contributed by atoms with E-state index in [0.717, 1.165) is 0 Å². The quantitative estimate of drug-likeness (QED) is 0.168. The van der Waals surface area contributed by atoms with Crippen LogP contribution in [-0.2, 0) is 67.1 Å². The monoisotopic (exact) mass is 972 g/mol. The van der Waals surface area contributed by atoms with Gasteiger partial charge >= 0.3 is 67.1 Å². The minimum Gasteiger partial charge on any atom is -1.00 e. The summed E-state index contributed by atoms with van der Waals surface area (Å²) in [5.41, 5.74) is 0. The number of rotatable bonds is 0. The maximum Gasteiger partial charge on any atom is 1.00 e. The van der Waals surface area contributed by atoms with Crippen molar-refractivity contribution in [3.8, 4) is 0 Å². The van der Waals surface area contributed by atoms with Crippen LogP contribution in [0.1, 0.15) is 0 Å². The molecular formula is Au3I3. The fourth-order valence-electron chi connectivity index (χ4n) is 0. The predicted molar refractivity (Wildman–Crippen MR) is 0 cm³/mol. The Hall–Kier alpha value is 4.41. The summed E-state index contributed by atoms with van der Waals surface area (Å²) in [7, 11) is 0. The second kappa shape index (κ2) is 34.2. The summed E-state index contributed by atoms with van der Waals surface area (Å²) >= 11 is 0. The van der Waals surface area contributed by atoms with E-state index in [0.29, 0.717) is 0 Å². The molecule has 0 amide bonds. The molecule has 0 spiro atoms. The van der Waals surface area contributed by atoms with E-state index in [1.807, 2.05) is 0 Å². The maximum absolute atomic E-state index is 0. The van der Waals surface area contributed by atoms with Crippen molar-refractivity contribution in [1.82, 2.24) is 0 Å². The van der Waals surface area contributed by atoms with Crippen LogP contribution in [0.2, 0.25) is 0 Å². The van der Waals surface area contributed by atoms with Gasteiger partial charge in [0.25, 0.3) is 0 Å². The zero-order valence-corrected chi connectivity index (χ0v) is 15.0. The van der Waals surface area contributed by atoms with Gasteiger partial charge in [-0.1, -0.05) is 0 Å². The fourth-order valence-corrected chi connectivity index (χ4v) is 0. The van der Waals surface area contributed by atoms with Crippen LogP contribution in [0, 0.1) is 0 Å². The summed E-state index contributed by atoms with van der Waals surface area (Å²) in [6.07, 6.45) is 0. The molecule has 0 aliphatic carbocycles. The Bertz CT molecular complexity index is 6.00. The van der Waals surface area contributed by atoms with Gasteiger partial charge in [0.2, 0.25) is 0 Å². The van der Waals surface area contributed by atoms with Crippen molar-refractivity contribution >= 4 is 0 Å². The smallest absolute Gasteiger partial charge is 1.00 e. The molecule has 0 saturated carbocycles. The maximum atomic E-state index is 0. The summed E-state index contributed by atoms with van der Waals surface area (Å²) in [4.78, 5) is 0. The Morgan fingerprint density at radius 1 is 0.333 bits per heavy atom. The van der Waals surface area contributed by atoms with Gasteiger partial charge in [-0.15, -0.1) is 0 Å². The van der Waals surface area contributed by atoms with Crippen molar-refractivity contribution in [3.05, 3.63) is 0 Å². The van der Waals surface area contributed by atoms with E-state index in [-0.39, 0.29) is 139 Å². The van der Waals surface area contributed by atoms with Crippen molar-refractivity contribution in [2.45, 2.75) is 0 Å². The summed E-state index contributed by atoms with van der Waals surface area (Å²) in [5, 5.41) is 0. The molecule has 0 heterocycles. The molecule has 0 saturated heterocycles. The van der Waals surface area contributed by atoms with Crippen molar-refractivity contribution in [2.75, 3.05) is 0 Å². The molecular weight excluding hydrogens is 972 g/mol. The van der Waals surface area contributed by atoms with E-state index in [1.165, 1.54) is 0 Å². The van der Waals surface area contributed by atoms with Gasteiger partial charge in [-0.25, -0.2) is 0 Å². The van der Waals surface area contributed by atoms with Crippen LogP contribution < -0.4 is 71.9 Å². The molecule has 0 atom stereocenters. The van der Waals surface area contributed by atoms with Crippen molar-refractivity contribution in [3.63, 3.8) is 0 Å². The van der Waals surface area contributed by atoms with Gasteiger partial charge in [-0.05, 0) is 0 Å². The third kappa shape index (κ3) is 23.7. The Labute approximate surface area is 136 Å². The van der Waals surface area contributed by atoms with E-state index in [9.17, 15) is 0 Å². The first kappa shape index (κ1) is 47.4. The van der Waals surface area contributed by atoms with Gasteiger partial charge in [0.05, 0.1) is 0 Å². The molecule has 0 radical (unpaired) electrons. The van der Waals surface area contributed by atoms with Crippen LogP contribution in [-0.4, -0.2) is 0 Å². The molecule has 54 valence electrons. The van der Waals surface area contributed by atoms with Crippen LogP contribution in [0.25, 0.3) is 0 Å². The molecule has 0 aliphatic heterocycles. The Morgan fingerprint density at radius 3 is 0.333 bits per heavy atom. The van der Waals surface area contributed by atoms with Crippen LogP contribution in [0.5, 0.6) is 0 Å². The first-order valence-corrected chi connectivity index (χ1v) is 0. The SMILES string of the molecule is [Au+].[Au+].[Au+].[I-].[I-].[I-]. The summed E-state index contributed by atoms with van der Waals surface area (Å²) in [6.45, 7) is 0. The molecule has 0 aromatic heterocycles. The number of halogens is 3. The molecule has 0 fully saturated rings. The minimum atomic E-state index is 0. The van der Waals surface area contributed by atoms with E-state index >= 15 is 0 Å². The van der Waals surface area contributed by atoms with E-state index < -0.39 is 0 Å². The van der Waals surface area contributed by atoms with Crippen LogP contribution in [0.3, 0.4) is 0 Å². The topological polar surface area (TPSA) is 0 Å². The normalized spacial score (nSPS) is 0. The Balaban J connectivity index is 0. The zero-order chi connectivity index (χ0) is 0. The molecule has 0 aliphatic rings. The molecule has 0 bridgehead atoms. The van der Waals surface area contributed by atoms with E-state index in [1.54, 1.807) is 0 Å². The third-order valence-electron chi connectivity index (χ3n) is 0. The van der Waals surface area contributed by atoms with Gasteiger partial charge < -0.3 is 71.9 Å². The molecule has 0 aromatic carbocycles. The van der Waals surface area contributed by atoms with Crippen molar-refractivity contribution in [1.29, 1.82) is 0 Å². The van der Waals surface area contributed by atoms with E-state index in [2.05, 4.69) is 0 Å². The van der Waals surface area contributed by atoms with Crippen LogP contribution in [0.4, 0.5) is 0 Å². The molecule has 0 nitrogen and oxygen atoms in total.